The molecule has 2 aliphatic rings. The Hall–Kier alpha value is -0.610. The lowest BCUT2D eigenvalue weighted by Gasteiger charge is -2.50. The van der Waals surface area contributed by atoms with Crippen LogP contribution in [-0.4, -0.2) is 47.7 Å². The van der Waals surface area contributed by atoms with Crippen LogP contribution in [0.25, 0.3) is 0 Å². The normalized spacial score (nSPS) is 26.4. The Balaban J connectivity index is 1.99. The fourth-order valence-corrected chi connectivity index (χ4v) is 2.99. The summed E-state index contributed by atoms with van der Waals surface area (Å²) in [6.07, 6.45) is 3.51. The fraction of sp³-hybridized carbons (Fsp3) is 0.923. The highest BCUT2D eigenvalue weighted by Crippen LogP contribution is 2.37. The maximum absolute atomic E-state index is 12.5. The lowest BCUT2D eigenvalue weighted by atomic mass is 9.74. The van der Waals surface area contributed by atoms with E-state index < -0.39 is 5.60 Å². The van der Waals surface area contributed by atoms with Crippen molar-refractivity contribution < 1.29 is 9.90 Å². The number of β-amino-alcohol motifs (C(OH)–C–C–N with tert-alkyl or cyclic N) is 1. The van der Waals surface area contributed by atoms with E-state index in [1.54, 1.807) is 0 Å². The smallest absolute Gasteiger partial charge is 0.229 e. The van der Waals surface area contributed by atoms with Gasteiger partial charge in [0.15, 0.2) is 0 Å². The number of rotatable bonds is 3. The van der Waals surface area contributed by atoms with Gasteiger partial charge in [-0.15, -0.1) is 0 Å². The van der Waals surface area contributed by atoms with Crippen molar-refractivity contribution in [3.05, 3.63) is 0 Å². The molecule has 0 bridgehead atoms. The molecule has 0 atom stereocenters. The van der Waals surface area contributed by atoms with Crippen molar-refractivity contribution in [2.75, 3.05) is 26.2 Å². The van der Waals surface area contributed by atoms with Crippen molar-refractivity contribution in [2.24, 2.45) is 5.41 Å². The van der Waals surface area contributed by atoms with Gasteiger partial charge in [-0.1, -0.05) is 13.8 Å². The molecule has 0 aliphatic carbocycles. The molecule has 2 N–H and O–H groups in total. The van der Waals surface area contributed by atoms with Gasteiger partial charge in [0, 0.05) is 0 Å². The summed E-state index contributed by atoms with van der Waals surface area (Å²) in [5, 5.41) is 13.3. The van der Waals surface area contributed by atoms with Crippen LogP contribution in [0.1, 0.15) is 39.5 Å². The topological polar surface area (TPSA) is 52.6 Å². The van der Waals surface area contributed by atoms with E-state index in [2.05, 4.69) is 12.2 Å². The Morgan fingerprint density at radius 3 is 2.29 bits per heavy atom. The van der Waals surface area contributed by atoms with Crippen LogP contribution in [0.15, 0.2) is 0 Å². The van der Waals surface area contributed by atoms with Gasteiger partial charge in [0.2, 0.25) is 5.91 Å². The van der Waals surface area contributed by atoms with Crippen molar-refractivity contribution in [1.29, 1.82) is 0 Å². The van der Waals surface area contributed by atoms with Gasteiger partial charge < -0.3 is 15.3 Å². The number of hydrogen-bond donors (Lipinski definition) is 2. The summed E-state index contributed by atoms with van der Waals surface area (Å²) in [6.45, 7) is 7.00. The average Bonchev–Trinajstić information content (AvgIpc) is 2.35. The molecule has 0 spiro atoms. The second kappa shape index (κ2) is 4.58. The Morgan fingerprint density at radius 2 is 1.82 bits per heavy atom. The molecule has 0 aromatic carbocycles. The molecule has 4 nitrogen and oxygen atoms in total. The molecule has 0 saturated carbocycles. The maximum Gasteiger partial charge on any atom is 0.229 e. The quantitative estimate of drug-likeness (QED) is 0.765. The van der Waals surface area contributed by atoms with E-state index in [0.29, 0.717) is 13.1 Å². The summed E-state index contributed by atoms with van der Waals surface area (Å²) in [4.78, 5) is 14.4. The fourth-order valence-electron chi connectivity index (χ4n) is 2.99. The first-order chi connectivity index (χ1) is 8.05. The molecule has 2 fully saturated rings. The number of nitrogens with one attached hydrogen (secondary N) is 1. The number of likely N-dealkylation sites (tertiary alicyclic amines) is 1. The van der Waals surface area contributed by atoms with E-state index in [1.165, 1.54) is 0 Å². The van der Waals surface area contributed by atoms with Crippen LogP contribution in [0.2, 0.25) is 0 Å². The van der Waals surface area contributed by atoms with Crippen molar-refractivity contribution >= 4 is 5.91 Å². The summed E-state index contributed by atoms with van der Waals surface area (Å²) < 4.78 is 0. The first kappa shape index (κ1) is 12.8. The third-order valence-corrected chi connectivity index (χ3v) is 4.61. The molecule has 4 heteroatoms. The highest BCUT2D eigenvalue weighted by atomic mass is 16.3. The van der Waals surface area contributed by atoms with E-state index in [-0.39, 0.29) is 11.3 Å². The van der Waals surface area contributed by atoms with Crippen LogP contribution in [0.4, 0.5) is 0 Å². The minimum Gasteiger partial charge on any atom is -0.386 e. The number of amides is 1. The summed E-state index contributed by atoms with van der Waals surface area (Å²) >= 11 is 0. The minimum atomic E-state index is -0.614. The monoisotopic (exact) mass is 240 g/mol. The van der Waals surface area contributed by atoms with Gasteiger partial charge >= 0.3 is 0 Å². The van der Waals surface area contributed by atoms with Crippen molar-refractivity contribution in [1.82, 2.24) is 10.2 Å². The number of piperidine rings is 1. The number of aliphatic hydroxyl groups is 1. The number of carbonyl (C=O) groups is 1. The molecule has 1 amide bonds. The average molecular weight is 240 g/mol. The van der Waals surface area contributed by atoms with Crippen LogP contribution in [-0.2, 0) is 4.79 Å². The van der Waals surface area contributed by atoms with E-state index in [1.807, 2.05) is 11.8 Å². The molecule has 2 heterocycles. The van der Waals surface area contributed by atoms with Crippen LogP contribution >= 0.6 is 0 Å². The Kier molecular flexibility index (Phi) is 3.46. The first-order valence-corrected chi connectivity index (χ1v) is 6.78. The zero-order valence-corrected chi connectivity index (χ0v) is 11.0. The molecule has 0 aromatic heterocycles. The standard InChI is InChI=1S/C13H24N2O2/c1-3-12(5-7-14-8-6-12)11(16)15-9-13(17,4-2)10-15/h14,17H,3-10H2,1-2H3. The van der Waals surface area contributed by atoms with Crippen LogP contribution < -0.4 is 5.32 Å². The predicted octanol–water partition coefficient (Wildman–Crippen LogP) is 0.749. The van der Waals surface area contributed by atoms with Gasteiger partial charge in [-0.3, -0.25) is 4.79 Å². The minimum absolute atomic E-state index is 0.166. The van der Waals surface area contributed by atoms with Gasteiger partial charge in [-0.2, -0.15) is 0 Å². The number of carbonyl (C=O) groups excluding carboxylic acids is 1. The molecular formula is C13H24N2O2. The molecule has 0 radical (unpaired) electrons. The Labute approximate surface area is 103 Å². The molecule has 2 saturated heterocycles. The molecule has 2 aliphatic heterocycles. The zero-order chi connectivity index (χ0) is 12.5. The summed E-state index contributed by atoms with van der Waals surface area (Å²) in [5.74, 6) is 0.264. The van der Waals surface area contributed by atoms with Gasteiger partial charge in [-0.25, -0.2) is 0 Å². The van der Waals surface area contributed by atoms with Crippen molar-refractivity contribution in [3.63, 3.8) is 0 Å². The molecule has 17 heavy (non-hydrogen) atoms. The molecule has 2 rings (SSSR count). The predicted molar refractivity (Wildman–Crippen MR) is 66.6 cm³/mol. The highest BCUT2D eigenvalue weighted by Gasteiger charge is 2.48. The third kappa shape index (κ3) is 2.20. The molecular weight excluding hydrogens is 216 g/mol. The third-order valence-electron chi connectivity index (χ3n) is 4.61. The number of hydrogen-bond acceptors (Lipinski definition) is 3. The van der Waals surface area contributed by atoms with Gasteiger partial charge in [0.05, 0.1) is 24.1 Å². The number of nitrogens with zero attached hydrogens (tertiary/aromatic N) is 1. The van der Waals surface area contributed by atoms with Gasteiger partial charge in [0.1, 0.15) is 0 Å². The largest absolute Gasteiger partial charge is 0.386 e. The SMILES string of the molecule is CCC1(O)CN(C(=O)C2(CC)CCNCC2)C1. The first-order valence-electron chi connectivity index (χ1n) is 6.78. The van der Waals surface area contributed by atoms with Crippen LogP contribution in [0.5, 0.6) is 0 Å². The van der Waals surface area contributed by atoms with E-state index in [0.717, 1.165) is 38.8 Å². The molecule has 0 unspecified atom stereocenters. The van der Waals surface area contributed by atoms with E-state index >= 15 is 0 Å². The maximum atomic E-state index is 12.5. The zero-order valence-electron chi connectivity index (χ0n) is 11.0. The summed E-state index contributed by atoms with van der Waals surface area (Å²) in [5.41, 5.74) is -0.780. The second-order valence-electron chi connectivity index (χ2n) is 5.62. The van der Waals surface area contributed by atoms with E-state index in [9.17, 15) is 9.90 Å². The summed E-state index contributed by atoms with van der Waals surface area (Å²) in [7, 11) is 0. The summed E-state index contributed by atoms with van der Waals surface area (Å²) in [6, 6.07) is 0. The highest BCUT2D eigenvalue weighted by molar-refractivity contribution is 5.84. The van der Waals surface area contributed by atoms with Gasteiger partial charge in [0.25, 0.3) is 0 Å². The van der Waals surface area contributed by atoms with Crippen LogP contribution in [0.3, 0.4) is 0 Å². The van der Waals surface area contributed by atoms with Crippen molar-refractivity contribution in [2.45, 2.75) is 45.1 Å². The Morgan fingerprint density at radius 1 is 1.24 bits per heavy atom. The Bertz CT molecular complexity index is 292. The lowest BCUT2D eigenvalue weighted by Crippen LogP contribution is -2.66. The molecule has 0 aromatic rings. The van der Waals surface area contributed by atoms with Crippen LogP contribution in [0, 0.1) is 5.41 Å². The molecule has 98 valence electrons. The second-order valence-corrected chi connectivity index (χ2v) is 5.62. The van der Waals surface area contributed by atoms with Gasteiger partial charge in [-0.05, 0) is 38.8 Å². The lowest BCUT2D eigenvalue weighted by molar-refractivity contribution is -0.168. The van der Waals surface area contributed by atoms with E-state index in [4.69, 9.17) is 0 Å². The van der Waals surface area contributed by atoms with Crippen molar-refractivity contribution in [3.8, 4) is 0 Å².